The van der Waals surface area contributed by atoms with E-state index in [0.717, 1.165) is 11.1 Å². The minimum Gasteiger partial charge on any atom is -0.481 e. The predicted octanol–water partition coefficient (Wildman–Crippen LogP) is 4.26. The molecule has 176 valence electrons. The largest absolute Gasteiger partial charge is 0.481 e. The summed E-state index contributed by atoms with van der Waals surface area (Å²) in [7, 11) is 1.67. The van der Waals surface area contributed by atoms with Gasteiger partial charge in [0.1, 0.15) is 6.61 Å². The highest BCUT2D eigenvalue weighted by Crippen LogP contribution is 2.44. The third-order valence-corrected chi connectivity index (χ3v) is 6.17. The van der Waals surface area contributed by atoms with Gasteiger partial charge >= 0.3 is 12.1 Å². The number of carboxylic acid groups (broad SMARTS) is 1. The van der Waals surface area contributed by atoms with Gasteiger partial charge < -0.3 is 20.1 Å². The van der Waals surface area contributed by atoms with E-state index >= 15 is 0 Å². The molecule has 2 aromatic carbocycles. The van der Waals surface area contributed by atoms with E-state index in [-0.39, 0.29) is 24.9 Å². The topological polar surface area (TPSA) is 95.9 Å². The lowest BCUT2D eigenvalue weighted by Crippen LogP contribution is -2.41. The van der Waals surface area contributed by atoms with Gasteiger partial charge in [-0.1, -0.05) is 62.4 Å². The molecule has 0 bridgehead atoms. The molecule has 0 fully saturated rings. The number of amides is 2. The summed E-state index contributed by atoms with van der Waals surface area (Å²) in [4.78, 5) is 37.2. The van der Waals surface area contributed by atoms with Crippen LogP contribution in [0, 0.1) is 5.41 Å². The van der Waals surface area contributed by atoms with Crippen LogP contribution in [0.5, 0.6) is 0 Å². The molecule has 0 aromatic heterocycles. The van der Waals surface area contributed by atoms with Gasteiger partial charge in [-0.05, 0) is 35.1 Å². The van der Waals surface area contributed by atoms with E-state index in [1.54, 1.807) is 11.9 Å². The van der Waals surface area contributed by atoms with Crippen LogP contribution in [-0.4, -0.2) is 54.7 Å². The van der Waals surface area contributed by atoms with E-state index in [2.05, 4.69) is 29.6 Å². The van der Waals surface area contributed by atoms with E-state index in [4.69, 9.17) is 9.84 Å². The number of alkyl carbamates (subject to hydrolysis) is 1. The van der Waals surface area contributed by atoms with Crippen LogP contribution in [0.4, 0.5) is 4.79 Å². The van der Waals surface area contributed by atoms with Gasteiger partial charge in [0.05, 0.1) is 0 Å². The Kier molecular flexibility index (Phi) is 7.74. The van der Waals surface area contributed by atoms with Gasteiger partial charge in [-0.15, -0.1) is 0 Å². The highest BCUT2D eigenvalue weighted by atomic mass is 16.5. The van der Waals surface area contributed by atoms with Crippen LogP contribution in [-0.2, 0) is 14.3 Å². The Balaban J connectivity index is 1.47. The highest BCUT2D eigenvalue weighted by molar-refractivity contribution is 5.82. The number of hydrogen-bond acceptors (Lipinski definition) is 4. The smallest absolute Gasteiger partial charge is 0.407 e. The fraction of sp³-hybridized carbons (Fsp3) is 0.423. The molecule has 7 nitrogen and oxygen atoms in total. The van der Waals surface area contributed by atoms with Crippen molar-refractivity contribution in [3.05, 3.63) is 59.7 Å². The molecule has 0 heterocycles. The first-order valence-electron chi connectivity index (χ1n) is 11.3. The molecule has 1 aliphatic carbocycles. The number of fused-ring (bicyclic) bond motifs is 3. The van der Waals surface area contributed by atoms with Crippen LogP contribution in [0.25, 0.3) is 11.1 Å². The van der Waals surface area contributed by atoms with Crippen molar-refractivity contribution in [2.75, 3.05) is 26.7 Å². The molecule has 0 saturated heterocycles. The molecule has 1 aliphatic rings. The molecule has 3 rings (SSSR count). The number of benzene rings is 2. The van der Waals surface area contributed by atoms with Crippen molar-refractivity contribution in [3.63, 3.8) is 0 Å². The van der Waals surface area contributed by atoms with Crippen LogP contribution >= 0.6 is 0 Å². The van der Waals surface area contributed by atoms with Crippen LogP contribution < -0.4 is 5.32 Å². The fourth-order valence-electron chi connectivity index (χ4n) is 4.32. The summed E-state index contributed by atoms with van der Waals surface area (Å²) in [6, 6.07) is 16.3. The maximum absolute atomic E-state index is 12.7. The van der Waals surface area contributed by atoms with E-state index in [1.807, 2.05) is 38.1 Å². The molecule has 0 spiro atoms. The first-order valence-corrected chi connectivity index (χ1v) is 11.3. The summed E-state index contributed by atoms with van der Waals surface area (Å²) in [5, 5.41) is 11.5. The highest BCUT2D eigenvalue weighted by Gasteiger charge is 2.31. The van der Waals surface area contributed by atoms with E-state index in [0.29, 0.717) is 25.9 Å². The van der Waals surface area contributed by atoms with Crippen molar-refractivity contribution in [2.45, 2.75) is 39.0 Å². The SMILES string of the molecule is CN(CCCC(=O)O)C(=O)C(C)(C)CCNC(=O)OCC1c2ccccc2-c2ccccc21. The summed E-state index contributed by atoms with van der Waals surface area (Å²) in [6.07, 6.45) is 0.377. The Morgan fingerprint density at radius 1 is 1.03 bits per heavy atom. The summed E-state index contributed by atoms with van der Waals surface area (Å²) in [5.74, 6) is -0.953. The third-order valence-electron chi connectivity index (χ3n) is 6.17. The fourth-order valence-corrected chi connectivity index (χ4v) is 4.32. The second kappa shape index (κ2) is 10.5. The van der Waals surface area contributed by atoms with Crippen LogP contribution in [0.1, 0.15) is 50.2 Å². The molecule has 2 N–H and O–H groups in total. The van der Waals surface area contributed by atoms with Crippen molar-refractivity contribution in [1.29, 1.82) is 0 Å². The number of nitrogens with one attached hydrogen (secondary N) is 1. The summed E-state index contributed by atoms with van der Waals surface area (Å²) < 4.78 is 5.54. The minimum atomic E-state index is -0.873. The molecular weight excluding hydrogens is 420 g/mol. The molecule has 33 heavy (non-hydrogen) atoms. The number of aliphatic carboxylic acids is 1. The summed E-state index contributed by atoms with van der Waals surface area (Å²) in [6.45, 7) is 4.58. The van der Waals surface area contributed by atoms with Crippen molar-refractivity contribution in [1.82, 2.24) is 10.2 Å². The standard InChI is InChI=1S/C26H32N2O5/c1-26(2,24(31)28(3)16-8-13-23(29)30)14-15-27-25(32)33-17-22-20-11-6-4-9-18(20)19-10-5-7-12-21(19)22/h4-7,9-12,22H,8,13-17H2,1-3H3,(H,27,32)(H,29,30). The lowest BCUT2D eigenvalue weighted by atomic mass is 9.87. The van der Waals surface area contributed by atoms with Crippen LogP contribution in [0.2, 0.25) is 0 Å². The first kappa shape index (κ1) is 24.3. The molecule has 0 aliphatic heterocycles. The number of hydrogen-bond donors (Lipinski definition) is 2. The number of ether oxygens (including phenoxy) is 1. The van der Waals surface area contributed by atoms with Gasteiger partial charge in [0.15, 0.2) is 0 Å². The molecule has 0 atom stereocenters. The lowest BCUT2D eigenvalue weighted by molar-refractivity contribution is -0.141. The molecule has 0 radical (unpaired) electrons. The van der Waals surface area contributed by atoms with Gasteiger partial charge in [0, 0.05) is 37.9 Å². The molecular formula is C26H32N2O5. The number of rotatable bonds is 10. The second-order valence-electron chi connectivity index (χ2n) is 9.11. The maximum Gasteiger partial charge on any atom is 0.407 e. The van der Waals surface area contributed by atoms with E-state index in [9.17, 15) is 14.4 Å². The average molecular weight is 453 g/mol. The van der Waals surface area contributed by atoms with Crippen molar-refractivity contribution >= 4 is 18.0 Å². The molecule has 0 saturated carbocycles. The maximum atomic E-state index is 12.7. The van der Waals surface area contributed by atoms with Gasteiger partial charge in [0.2, 0.25) is 5.91 Å². The number of carbonyl (C=O) groups excluding carboxylic acids is 2. The molecule has 7 heteroatoms. The number of carbonyl (C=O) groups is 3. The zero-order valence-electron chi connectivity index (χ0n) is 19.5. The Morgan fingerprint density at radius 3 is 2.18 bits per heavy atom. The van der Waals surface area contributed by atoms with Crippen LogP contribution in [0.3, 0.4) is 0 Å². The Labute approximate surface area is 194 Å². The molecule has 0 unspecified atom stereocenters. The molecule has 2 amide bonds. The van der Waals surface area contributed by atoms with Crippen LogP contribution in [0.15, 0.2) is 48.5 Å². The Bertz CT molecular complexity index is 972. The lowest BCUT2D eigenvalue weighted by Gasteiger charge is -2.29. The van der Waals surface area contributed by atoms with Gasteiger partial charge in [0.25, 0.3) is 0 Å². The van der Waals surface area contributed by atoms with Gasteiger partial charge in [-0.25, -0.2) is 4.79 Å². The predicted molar refractivity (Wildman–Crippen MR) is 126 cm³/mol. The van der Waals surface area contributed by atoms with Gasteiger partial charge in [-0.3, -0.25) is 9.59 Å². The monoisotopic (exact) mass is 452 g/mol. The van der Waals surface area contributed by atoms with Crippen molar-refractivity contribution in [3.8, 4) is 11.1 Å². The quantitative estimate of drug-likeness (QED) is 0.561. The van der Waals surface area contributed by atoms with E-state index in [1.165, 1.54) is 11.1 Å². The zero-order valence-corrected chi connectivity index (χ0v) is 19.5. The zero-order chi connectivity index (χ0) is 24.0. The Hall–Kier alpha value is -3.35. The normalized spacial score (nSPS) is 12.6. The van der Waals surface area contributed by atoms with Crippen molar-refractivity contribution < 1.29 is 24.2 Å². The molecule has 2 aromatic rings. The number of carboxylic acids is 1. The van der Waals surface area contributed by atoms with Gasteiger partial charge in [-0.2, -0.15) is 0 Å². The summed E-state index contributed by atoms with van der Waals surface area (Å²) >= 11 is 0. The average Bonchev–Trinajstić information content (AvgIpc) is 3.10. The van der Waals surface area contributed by atoms with E-state index < -0.39 is 17.5 Å². The first-order chi connectivity index (χ1) is 15.7. The Morgan fingerprint density at radius 2 is 1.61 bits per heavy atom. The summed E-state index contributed by atoms with van der Waals surface area (Å²) in [5.41, 5.74) is 3.98. The number of nitrogens with zero attached hydrogens (tertiary/aromatic N) is 1. The van der Waals surface area contributed by atoms with Crippen molar-refractivity contribution in [2.24, 2.45) is 5.41 Å². The minimum absolute atomic E-state index is 0.000575. The second-order valence-corrected chi connectivity index (χ2v) is 9.11. The third kappa shape index (κ3) is 5.92.